The maximum Gasteiger partial charge on any atom is 0.341 e. The van der Waals surface area contributed by atoms with Crippen LogP contribution in [-0.4, -0.2) is 28.0 Å². The van der Waals surface area contributed by atoms with E-state index in [0.717, 1.165) is 10.4 Å². The number of aryl methyl sites for hydroxylation is 1. The summed E-state index contributed by atoms with van der Waals surface area (Å²) in [6.45, 7) is 3.47. The molecule has 0 unspecified atom stereocenters. The second kappa shape index (κ2) is 10.7. The summed E-state index contributed by atoms with van der Waals surface area (Å²) in [6, 6.07) is 15.3. The number of esters is 1. The number of carbonyl (C=O) groups excluding carboxylic acids is 2. The molecule has 2 aromatic carbocycles. The molecule has 10 heteroatoms. The molecule has 0 aliphatic heterocycles. The lowest BCUT2D eigenvalue weighted by Crippen LogP contribution is -2.28. The predicted molar refractivity (Wildman–Crippen MR) is 148 cm³/mol. The SMILES string of the molecule is CCOC(=O)c1c(-c2ccccc2)csc1NC(=O)Cn1cnc2sc(C)c(-c3ccc(F)cc3)c2c1=O. The zero-order chi connectivity index (χ0) is 26.8. The van der Waals surface area contributed by atoms with Gasteiger partial charge in [-0.15, -0.1) is 22.7 Å². The van der Waals surface area contributed by atoms with Gasteiger partial charge in [0.15, 0.2) is 0 Å². The second-order valence-corrected chi connectivity index (χ2v) is 10.5. The predicted octanol–water partition coefficient (Wildman–Crippen LogP) is 6.12. The molecule has 0 aliphatic carbocycles. The molecule has 7 nitrogen and oxygen atoms in total. The maximum absolute atomic E-state index is 13.5. The Kier molecular flexibility index (Phi) is 7.17. The summed E-state index contributed by atoms with van der Waals surface area (Å²) >= 11 is 2.57. The standard InChI is InChI=1S/C28H22FN3O4S2/c1-3-36-28(35)23-20(17-7-5-4-6-8-17)14-37-26(23)31-21(33)13-32-15-30-25-24(27(32)34)22(16(2)38-25)18-9-11-19(29)12-10-18/h4-12,14-15H,3,13H2,1-2H3,(H,31,33). The zero-order valence-electron chi connectivity index (χ0n) is 20.5. The smallest absolute Gasteiger partial charge is 0.341 e. The Morgan fingerprint density at radius 3 is 2.53 bits per heavy atom. The van der Waals surface area contributed by atoms with Crippen LogP contribution in [0.15, 0.2) is 71.1 Å². The summed E-state index contributed by atoms with van der Waals surface area (Å²) in [5.41, 5.74) is 2.73. The highest BCUT2D eigenvalue weighted by Crippen LogP contribution is 2.37. The van der Waals surface area contributed by atoms with Crippen molar-refractivity contribution in [3.8, 4) is 22.3 Å². The van der Waals surface area contributed by atoms with Crippen LogP contribution in [0, 0.1) is 12.7 Å². The monoisotopic (exact) mass is 547 g/mol. The fraction of sp³-hybridized carbons (Fsp3) is 0.143. The first-order valence-corrected chi connectivity index (χ1v) is 13.4. The summed E-state index contributed by atoms with van der Waals surface area (Å²) in [5.74, 6) is -1.40. The van der Waals surface area contributed by atoms with Gasteiger partial charge in [0.2, 0.25) is 5.91 Å². The number of fused-ring (bicyclic) bond motifs is 1. The van der Waals surface area contributed by atoms with E-state index in [1.165, 1.54) is 45.7 Å². The molecule has 0 saturated heterocycles. The normalized spacial score (nSPS) is 11.0. The van der Waals surface area contributed by atoms with E-state index in [2.05, 4.69) is 10.3 Å². The number of hydrogen-bond donors (Lipinski definition) is 1. The molecule has 0 bridgehead atoms. The van der Waals surface area contributed by atoms with Gasteiger partial charge in [-0.3, -0.25) is 14.2 Å². The van der Waals surface area contributed by atoms with Gasteiger partial charge < -0.3 is 10.1 Å². The Hall–Kier alpha value is -4.15. The molecule has 0 saturated carbocycles. The molecule has 0 radical (unpaired) electrons. The number of nitrogens with zero attached hydrogens (tertiary/aromatic N) is 2. The van der Waals surface area contributed by atoms with Crippen LogP contribution in [0.4, 0.5) is 9.39 Å². The lowest BCUT2D eigenvalue weighted by atomic mass is 10.0. The number of rotatable bonds is 7. The summed E-state index contributed by atoms with van der Waals surface area (Å²) in [4.78, 5) is 45.1. The molecule has 1 amide bonds. The number of halogens is 1. The number of benzene rings is 2. The molecular formula is C28H22FN3O4S2. The van der Waals surface area contributed by atoms with Gasteiger partial charge in [-0.1, -0.05) is 42.5 Å². The average Bonchev–Trinajstić information content (AvgIpc) is 3.48. The van der Waals surface area contributed by atoms with Gasteiger partial charge in [0.25, 0.3) is 5.56 Å². The van der Waals surface area contributed by atoms with Crippen molar-refractivity contribution >= 4 is 49.8 Å². The van der Waals surface area contributed by atoms with Gasteiger partial charge in [0.1, 0.15) is 27.8 Å². The third-order valence-corrected chi connectivity index (χ3v) is 7.82. The highest BCUT2D eigenvalue weighted by Gasteiger charge is 2.23. The molecule has 5 aromatic rings. The number of thiophene rings is 2. The molecule has 38 heavy (non-hydrogen) atoms. The van der Waals surface area contributed by atoms with Crippen molar-refractivity contribution in [1.82, 2.24) is 9.55 Å². The van der Waals surface area contributed by atoms with Crippen molar-refractivity contribution in [2.75, 3.05) is 11.9 Å². The Morgan fingerprint density at radius 1 is 1.08 bits per heavy atom. The minimum absolute atomic E-state index is 0.188. The summed E-state index contributed by atoms with van der Waals surface area (Å²) < 4.78 is 20.0. The third kappa shape index (κ3) is 4.88. The average molecular weight is 548 g/mol. The van der Waals surface area contributed by atoms with Gasteiger partial charge in [0, 0.05) is 21.4 Å². The highest BCUT2D eigenvalue weighted by molar-refractivity contribution is 7.19. The highest BCUT2D eigenvalue weighted by atomic mass is 32.1. The van der Waals surface area contributed by atoms with E-state index in [4.69, 9.17) is 4.74 Å². The molecule has 0 aliphatic rings. The van der Waals surface area contributed by atoms with Crippen LogP contribution in [0.5, 0.6) is 0 Å². The Morgan fingerprint density at radius 2 is 1.82 bits per heavy atom. The first kappa shape index (κ1) is 25.5. The van der Waals surface area contributed by atoms with Crippen LogP contribution in [0.3, 0.4) is 0 Å². The molecule has 0 fully saturated rings. The fourth-order valence-corrected chi connectivity index (χ4v) is 6.20. The number of ether oxygens (including phenoxy) is 1. The van der Waals surface area contributed by atoms with E-state index in [1.54, 1.807) is 24.4 Å². The Bertz CT molecular complexity index is 1710. The fourth-order valence-electron chi connectivity index (χ4n) is 4.22. The molecule has 0 atom stereocenters. The molecule has 1 N–H and O–H groups in total. The number of aromatic nitrogens is 2. The zero-order valence-corrected chi connectivity index (χ0v) is 22.1. The molecule has 3 aromatic heterocycles. The van der Waals surface area contributed by atoms with Crippen molar-refractivity contribution in [2.45, 2.75) is 20.4 Å². The van der Waals surface area contributed by atoms with Crippen LogP contribution in [-0.2, 0) is 16.1 Å². The van der Waals surface area contributed by atoms with Crippen LogP contribution < -0.4 is 10.9 Å². The topological polar surface area (TPSA) is 90.3 Å². The minimum Gasteiger partial charge on any atom is -0.462 e. The van der Waals surface area contributed by atoms with Crippen LogP contribution in [0.1, 0.15) is 22.2 Å². The summed E-state index contributed by atoms with van der Waals surface area (Å²) in [5, 5.41) is 5.28. The van der Waals surface area contributed by atoms with Crippen LogP contribution in [0.2, 0.25) is 0 Å². The first-order chi connectivity index (χ1) is 18.4. The molecule has 3 heterocycles. The Labute approximate surface area is 225 Å². The van der Waals surface area contributed by atoms with Crippen LogP contribution >= 0.6 is 22.7 Å². The van der Waals surface area contributed by atoms with Crippen molar-refractivity contribution in [2.24, 2.45) is 0 Å². The maximum atomic E-state index is 13.5. The van der Waals surface area contributed by atoms with Crippen molar-refractivity contribution in [3.63, 3.8) is 0 Å². The van der Waals surface area contributed by atoms with E-state index in [9.17, 15) is 18.8 Å². The number of anilines is 1. The lowest BCUT2D eigenvalue weighted by Gasteiger charge is -2.10. The molecule has 192 valence electrons. The van der Waals surface area contributed by atoms with Gasteiger partial charge in [0.05, 0.1) is 18.3 Å². The van der Waals surface area contributed by atoms with E-state index in [0.29, 0.717) is 31.9 Å². The number of amides is 1. The molecule has 0 spiro atoms. The summed E-state index contributed by atoms with van der Waals surface area (Å²) in [7, 11) is 0. The first-order valence-electron chi connectivity index (χ1n) is 11.8. The van der Waals surface area contributed by atoms with Crippen molar-refractivity contribution < 1.29 is 18.7 Å². The van der Waals surface area contributed by atoms with Crippen LogP contribution in [0.25, 0.3) is 32.5 Å². The lowest BCUT2D eigenvalue weighted by molar-refractivity contribution is -0.116. The van der Waals surface area contributed by atoms with Crippen molar-refractivity contribution in [1.29, 1.82) is 0 Å². The van der Waals surface area contributed by atoms with E-state index in [1.807, 2.05) is 37.3 Å². The van der Waals surface area contributed by atoms with Gasteiger partial charge in [-0.05, 0) is 37.1 Å². The number of nitrogens with one attached hydrogen (secondary N) is 1. The van der Waals surface area contributed by atoms with E-state index < -0.39 is 11.9 Å². The molecular weight excluding hydrogens is 525 g/mol. The van der Waals surface area contributed by atoms with Gasteiger partial charge in [-0.25, -0.2) is 14.2 Å². The van der Waals surface area contributed by atoms with Gasteiger partial charge >= 0.3 is 5.97 Å². The van der Waals surface area contributed by atoms with E-state index in [-0.39, 0.29) is 30.1 Å². The largest absolute Gasteiger partial charge is 0.462 e. The second-order valence-electron chi connectivity index (χ2n) is 8.39. The van der Waals surface area contributed by atoms with Crippen molar-refractivity contribution in [3.05, 3.63) is 92.9 Å². The Balaban J connectivity index is 1.47. The van der Waals surface area contributed by atoms with E-state index >= 15 is 0 Å². The van der Waals surface area contributed by atoms with Gasteiger partial charge in [-0.2, -0.15) is 0 Å². The number of hydrogen-bond acceptors (Lipinski definition) is 7. The molecule has 5 rings (SSSR count). The third-order valence-electron chi connectivity index (χ3n) is 5.91. The quantitative estimate of drug-likeness (QED) is 0.248. The minimum atomic E-state index is -0.541. The number of carbonyl (C=O) groups is 2. The summed E-state index contributed by atoms with van der Waals surface area (Å²) in [6.07, 6.45) is 1.34.